The van der Waals surface area contributed by atoms with Gasteiger partial charge in [0.25, 0.3) is 0 Å². The maximum Gasteiger partial charge on any atom is 0.122 e. The molecule has 0 spiro atoms. The summed E-state index contributed by atoms with van der Waals surface area (Å²) < 4.78 is 2.08. The Labute approximate surface area is 117 Å². The van der Waals surface area contributed by atoms with E-state index in [4.69, 9.17) is 5.73 Å². The fourth-order valence-corrected chi connectivity index (χ4v) is 3.26. The van der Waals surface area contributed by atoms with Gasteiger partial charge in [0.05, 0.1) is 6.54 Å². The SMILES string of the molecule is CN(Cc1nccn1C)CC1CCCC(C)(C)C1N. The Balaban J connectivity index is 1.91. The lowest BCUT2D eigenvalue weighted by atomic mass is 9.68. The van der Waals surface area contributed by atoms with E-state index in [0.29, 0.717) is 12.0 Å². The lowest BCUT2D eigenvalue weighted by Gasteiger charge is -2.43. The van der Waals surface area contributed by atoms with E-state index in [1.54, 1.807) is 0 Å². The van der Waals surface area contributed by atoms with Gasteiger partial charge in [-0.3, -0.25) is 4.90 Å². The van der Waals surface area contributed by atoms with Crippen molar-refractivity contribution >= 4 is 0 Å². The fourth-order valence-electron chi connectivity index (χ4n) is 3.26. The second-order valence-corrected chi connectivity index (χ2v) is 6.82. The van der Waals surface area contributed by atoms with Crippen LogP contribution in [0.2, 0.25) is 0 Å². The van der Waals surface area contributed by atoms with Gasteiger partial charge >= 0.3 is 0 Å². The van der Waals surface area contributed by atoms with Crippen LogP contribution in [0.25, 0.3) is 0 Å². The first kappa shape index (κ1) is 14.5. The molecule has 1 heterocycles. The minimum absolute atomic E-state index is 0.285. The molecular weight excluding hydrogens is 236 g/mol. The number of aryl methyl sites for hydroxylation is 1. The summed E-state index contributed by atoms with van der Waals surface area (Å²) in [5.74, 6) is 1.72. The fraction of sp³-hybridized carbons (Fsp3) is 0.800. The minimum atomic E-state index is 0.285. The van der Waals surface area contributed by atoms with E-state index in [1.807, 2.05) is 19.4 Å². The van der Waals surface area contributed by atoms with Crippen LogP contribution in [0.5, 0.6) is 0 Å². The van der Waals surface area contributed by atoms with Gasteiger partial charge in [0.1, 0.15) is 5.82 Å². The van der Waals surface area contributed by atoms with Crippen LogP contribution in [0, 0.1) is 11.3 Å². The number of rotatable bonds is 4. The smallest absolute Gasteiger partial charge is 0.122 e. The average Bonchev–Trinajstić information content (AvgIpc) is 2.71. The first-order valence-corrected chi connectivity index (χ1v) is 7.30. The van der Waals surface area contributed by atoms with Crippen molar-refractivity contribution in [1.29, 1.82) is 0 Å². The van der Waals surface area contributed by atoms with Crippen molar-refractivity contribution < 1.29 is 0 Å². The molecule has 0 aromatic carbocycles. The van der Waals surface area contributed by atoms with Crippen LogP contribution in [0.1, 0.15) is 38.9 Å². The molecule has 0 bridgehead atoms. The first-order chi connectivity index (χ1) is 8.90. The van der Waals surface area contributed by atoms with E-state index in [9.17, 15) is 0 Å². The standard InChI is InChI=1S/C15H28N4/c1-15(2)7-5-6-12(14(15)16)10-18(3)11-13-17-8-9-19(13)4/h8-9,12,14H,5-7,10-11,16H2,1-4H3. The molecule has 2 rings (SSSR count). The van der Waals surface area contributed by atoms with Gasteiger partial charge in [-0.1, -0.05) is 20.3 Å². The molecule has 1 aliphatic rings. The summed E-state index contributed by atoms with van der Waals surface area (Å²) in [5, 5.41) is 0. The summed E-state index contributed by atoms with van der Waals surface area (Å²) in [7, 11) is 4.22. The molecule has 0 amide bonds. The summed E-state index contributed by atoms with van der Waals surface area (Å²) in [4.78, 5) is 6.74. The third-order valence-corrected chi connectivity index (χ3v) is 4.68. The molecule has 108 valence electrons. The molecule has 2 N–H and O–H groups in total. The van der Waals surface area contributed by atoms with Crippen LogP contribution >= 0.6 is 0 Å². The van der Waals surface area contributed by atoms with Crippen LogP contribution < -0.4 is 5.73 Å². The Morgan fingerprint density at radius 2 is 2.26 bits per heavy atom. The Kier molecular flexibility index (Phi) is 4.31. The molecule has 4 heteroatoms. The van der Waals surface area contributed by atoms with Gasteiger partial charge in [0.15, 0.2) is 0 Å². The Hall–Kier alpha value is -0.870. The van der Waals surface area contributed by atoms with Crippen LogP contribution in [0.15, 0.2) is 12.4 Å². The van der Waals surface area contributed by atoms with E-state index in [-0.39, 0.29) is 5.41 Å². The van der Waals surface area contributed by atoms with Crippen LogP contribution in [0.3, 0.4) is 0 Å². The predicted molar refractivity (Wildman–Crippen MR) is 78.6 cm³/mol. The number of nitrogens with two attached hydrogens (primary N) is 1. The third-order valence-electron chi connectivity index (χ3n) is 4.68. The molecule has 2 atom stereocenters. The van der Waals surface area contributed by atoms with Gasteiger partial charge in [0, 0.05) is 32.0 Å². The summed E-state index contributed by atoms with van der Waals surface area (Å²) in [6.07, 6.45) is 7.68. The molecule has 1 aliphatic carbocycles. The van der Waals surface area contributed by atoms with Gasteiger partial charge in [-0.25, -0.2) is 4.98 Å². The van der Waals surface area contributed by atoms with E-state index < -0.39 is 0 Å². The van der Waals surface area contributed by atoms with Gasteiger partial charge in [-0.15, -0.1) is 0 Å². The predicted octanol–water partition coefficient (Wildman–Crippen LogP) is 2.01. The molecule has 0 aliphatic heterocycles. The molecule has 1 aromatic rings. The van der Waals surface area contributed by atoms with Crippen LogP contribution in [-0.2, 0) is 13.6 Å². The van der Waals surface area contributed by atoms with Crippen molar-refractivity contribution in [3.05, 3.63) is 18.2 Å². The highest BCUT2D eigenvalue weighted by atomic mass is 15.2. The van der Waals surface area contributed by atoms with Crippen molar-refractivity contribution in [1.82, 2.24) is 14.5 Å². The van der Waals surface area contributed by atoms with Gasteiger partial charge in [-0.05, 0) is 31.2 Å². The molecule has 19 heavy (non-hydrogen) atoms. The quantitative estimate of drug-likeness (QED) is 0.905. The van der Waals surface area contributed by atoms with Crippen LogP contribution in [-0.4, -0.2) is 34.1 Å². The van der Waals surface area contributed by atoms with Gasteiger partial charge < -0.3 is 10.3 Å². The monoisotopic (exact) mass is 264 g/mol. The van der Waals surface area contributed by atoms with E-state index in [2.05, 4.69) is 35.3 Å². The maximum absolute atomic E-state index is 6.46. The summed E-state index contributed by atoms with van der Waals surface area (Å²) in [5.41, 5.74) is 6.75. The molecule has 2 unspecified atom stereocenters. The van der Waals surface area contributed by atoms with Crippen molar-refractivity contribution in [3.8, 4) is 0 Å². The molecule has 0 radical (unpaired) electrons. The molecule has 1 fully saturated rings. The van der Waals surface area contributed by atoms with Gasteiger partial charge in [0.2, 0.25) is 0 Å². The number of nitrogens with zero attached hydrogens (tertiary/aromatic N) is 3. The summed E-state index contributed by atoms with van der Waals surface area (Å²) in [6.45, 7) is 6.58. The molecule has 0 saturated heterocycles. The second kappa shape index (κ2) is 5.63. The molecule has 1 saturated carbocycles. The zero-order chi connectivity index (χ0) is 14.0. The lowest BCUT2D eigenvalue weighted by molar-refractivity contribution is 0.108. The normalized spacial score (nSPS) is 26.8. The Morgan fingerprint density at radius 3 is 2.89 bits per heavy atom. The summed E-state index contributed by atoms with van der Waals surface area (Å²) in [6, 6.07) is 0.310. The van der Waals surface area contributed by atoms with E-state index in [1.165, 1.54) is 19.3 Å². The number of hydrogen-bond donors (Lipinski definition) is 1. The highest BCUT2D eigenvalue weighted by Gasteiger charge is 2.36. The zero-order valence-corrected chi connectivity index (χ0v) is 12.8. The maximum atomic E-state index is 6.46. The highest BCUT2D eigenvalue weighted by molar-refractivity contribution is 4.94. The van der Waals surface area contributed by atoms with Crippen LogP contribution in [0.4, 0.5) is 0 Å². The van der Waals surface area contributed by atoms with Gasteiger partial charge in [-0.2, -0.15) is 0 Å². The van der Waals surface area contributed by atoms with Crippen molar-refractivity contribution in [2.24, 2.45) is 24.1 Å². The molecular formula is C15H28N4. The van der Waals surface area contributed by atoms with Crippen molar-refractivity contribution in [2.45, 2.75) is 45.7 Å². The zero-order valence-electron chi connectivity index (χ0n) is 12.8. The average molecular weight is 264 g/mol. The topological polar surface area (TPSA) is 47.1 Å². The number of imidazole rings is 1. The van der Waals surface area contributed by atoms with Crippen molar-refractivity contribution in [2.75, 3.05) is 13.6 Å². The summed E-state index contributed by atoms with van der Waals surface area (Å²) >= 11 is 0. The van der Waals surface area contributed by atoms with E-state index in [0.717, 1.165) is 18.9 Å². The first-order valence-electron chi connectivity index (χ1n) is 7.30. The largest absolute Gasteiger partial charge is 0.337 e. The minimum Gasteiger partial charge on any atom is -0.337 e. The third kappa shape index (κ3) is 3.37. The van der Waals surface area contributed by atoms with Crippen molar-refractivity contribution in [3.63, 3.8) is 0 Å². The number of aromatic nitrogens is 2. The van der Waals surface area contributed by atoms with E-state index >= 15 is 0 Å². The Morgan fingerprint density at radius 1 is 1.53 bits per heavy atom. The highest BCUT2D eigenvalue weighted by Crippen LogP contribution is 2.37. The Bertz CT molecular complexity index is 410. The molecule has 1 aromatic heterocycles. The second-order valence-electron chi connectivity index (χ2n) is 6.82. The lowest BCUT2D eigenvalue weighted by Crippen LogP contribution is -2.49. The molecule has 4 nitrogen and oxygen atoms in total. The number of hydrogen-bond acceptors (Lipinski definition) is 3.